The normalized spacial score (nSPS) is 11.8. The van der Waals surface area contributed by atoms with E-state index in [1.165, 1.54) is 57.8 Å². The van der Waals surface area contributed by atoms with Crippen molar-refractivity contribution in [3.8, 4) is 0 Å². The number of allylic oxidation sites excluding steroid dienone is 2. The molecule has 0 radical (unpaired) electrons. The van der Waals surface area contributed by atoms with E-state index in [9.17, 15) is 13.0 Å². The van der Waals surface area contributed by atoms with Crippen LogP contribution in [0.4, 0.5) is 0 Å². The van der Waals surface area contributed by atoms with Gasteiger partial charge in [-0.2, -0.15) is 0 Å². The molecule has 0 fully saturated rings. The van der Waals surface area contributed by atoms with E-state index in [2.05, 4.69) is 23.3 Å². The van der Waals surface area contributed by atoms with Crippen LogP contribution in [0.3, 0.4) is 0 Å². The largest absolute Gasteiger partial charge is 1.00 e. The summed E-state index contributed by atoms with van der Waals surface area (Å²) in [6.45, 7) is 2.27. The van der Waals surface area contributed by atoms with E-state index in [4.69, 9.17) is 0 Å². The maximum atomic E-state index is 10.2. The average molecular weight is 371 g/mol. The fourth-order valence-electron chi connectivity index (χ4n) is 2.51. The van der Waals surface area contributed by atoms with Crippen LogP contribution < -0.4 is 29.6 Å². The Morgan fingerprint density at radius 1 is 0.750 bits per heavy atom. The van der Waals surface area contributed by atoms with Crippen molar-refractivity contribution in [2.45, 2.75) is 96.8 Å². The second-order valence-electron chi connectivity index (χ2n) is 6.17. The second-order valence-corrected chi connectivity index (χ2v) is 7.22. The van der Waals surface area contributed by atoms with Crippen molar-refractivity contribution in [3.05, 3.63) is 12.2 Å². The van der Waals surface area contributed by atoms with Gasteiger partial charge in [0.25, 0.3) is 0 Å². The molecule has 0 rings (SSSR count). The van der Waals surface area contributed by atoms with Crippen LogP contribution in [0.2, 0.25) is 0 Å². The van der Waals surface area contributed by atoms with Gasteiger partial charge in [-0.3, -0.25) is 4.18 Å². The summed E-state index contributed by atoms with van der Waals surface area (Å²) in [7, 11) is -4.50. The van der Waals surface area contributed by atoms with Crippen LogP contribution >= 0.6 is 0 Å². The molecule has 0 aliphatic rings. The van der Waals surface area contributed by atoms with Gasteiger partial charge < -0.3 is 4.55 Å². The standard InChI is InChI=1S/C18H36O4S.Na/c1-2-3-4-5-6-7-8-9-10-11-12-13-14-15-16-17-18-22-23(19,20)21;/h9-10H,2-8,11-18H2,1H3,(H,19,20,21);/q;+1/p-1/b10-9-;. The number of rotatable bonds is 17. The van der Waals surface area contributed by atoms with E-state index in [0.29, 0.717) is 6.42 Å². The van der Waals surface area contributed by atoms with E-state index in [1.807, 2.05) is 0 Å². The number of unbranched alkanes of at least 4 members (excludes halogenated alkanes) is 12. The van der Waals surface area contributed by atoms with Gasteiger partial charge in [-0.05, 0) is 32.1 Å². The molecule has 0 aromatic heterocycles. The van der Waals surface area contributed by atoms with Crippen LogP contribution in [0.1, 0.15) is 96.8 Å². The van der Waals surface area contributed by atoms with Crippen LogP contribution in [0.5, 0.6) is 0 Å². The van der Waals surface area contributed by atoms with Crippen LogP contribution in [0, 0.1) is 0 Å². The number of hydrogen-bond donors (Lipinski definition) is 0. The summed E-state index contributed by atoms with van der Waals surface area (Å²) in [5.41, 5.74) is 0. The van der Waals surface area contributed by atoms with Crippen molar-refractivity contribution >= 4 is 10.4 Å². The quantitative estimate of drug-likeness (QED) is 0.130. The van der Waals surface area contributed by atoms with Crippen molar-refractivity contribution in [1.29, 1.82) is 0 Å². The van der Waals surface area contributed by atoms with E-state index in [0.717, 1.165) is 25.7 Å². The van der Waals surface area contributed by atoms with Crippen molar-refractivity contribution in [3.63, 3.8) is 0 Å². The summed E-state index contributed by atoms with van der Waals surface area (Å²) in [5.74, 6) is 0. The second kappa shape index (κ2) is 19.9. The first-order valence-corrected chi connectivity index (χ1v) is 10.6. The molecule has 0 heterocycles. The summed E-state index contributed by atoms with van der Waals surface area (Å²) in [5, 5.41) is 0. The molecule has 0 aromatic carbocycles. The third-order valence-electron chi connectivity index (χ3n) is 3.88. The van der Waals surface area contributed by atoms with Gasteiger partial charge in [0.2, 0.25) is 10.4 Å². The molecule has 6 heteroatoms. The summed E-state index contributed by atoms with van der Waals surface area (Å²) in [6.07, 6.45) is 21.4. The monoisotopic (exact) mass is 370 g/mol. The Labute approximate surface area is 172 Å². The molecule has 0 N–H and O–H groups in total. The molecule has 0 bridgehead atoms. The summed E-state index contributed by atoms with van der Waals surface area (Å²) in [6, 6.07) is 0. The van der Waals surface area contributed by atoms with Gasteiger partial charge in [0.05, 0.1) is 6.61 Å². The SMILES string of the molecule is CCCCCCCC/C=C\CCCCCCCCOS(=O)(=O)[O-].[Na+]. The van der Waals surface area contributed by atoms with Crippen molar-refractivity contribution < 1.29 is 46.7 Å². The van der Waals surface area contributed by atoms with Crippen molar-refractivity contribution in [2.24, 2.45) is 0 Å². The molecule has 0 atom stereocenters. The summed E-state index contributed by atoms with van der Waals surface area (Å²) >= 11 is 0. The summed E-state index contributed by atoms with van der Waals surface area (Å²) < 4.78 is 34.8. The molecule has 0 saturated heterocycles. The predicted octanol–water partition coefficient (Wildman–Crippen LogP) is 2.50. The minimum Gasteiger partial charge on any atom is -0.726 e. The van der Waals surface area contributed by atoms with Gasteiger partial charge in [0.15, 0.2) is 0 Å². The molecule has 0 amide bonds. The van der Waals surface area contributed by atoms with Gasteiger partial charge in [0, 0.05) is 0 Å². The molecule has 24 heavy (non-hydrogen) atoms. The zero-order valence-corrected chi connectivity index (χ0v) is 18.6. The Morgan fingerprint density at radius 3 is 1.62 bits per heavy atom. The Bertz CT molecular complexity index is 369. The van der Waals surface area contributed by atoms with E-state index >= 15 is 0 Å². The minimum absolute atomic E-state index is 0. The molecule has 0 saturated carbocycles. The summed E-state index contributed by atoms with van der Waals surface area (Å²) in [4.78, 5) is 0. The van der Waals surface area contributed by atoms with Gasteiger partial charge in [-0.1, -0.05) is 76.9 Å². The Balaban J connectivity index is 0. The van der Waals surface area contributed by atoms with Crippen LogP contribution in [0.15, 0.2) is 12.2 Å². The maximum Gasteiger partial charge on any atom is 1.00 e. The van der Waals surface area contributed by atoms with Gasteiger partial charge >= 0.3 is 29.6 Å². The topological polar surface area (TPSA) is 66.4 Å². The van der Waals surface area contributed by atoms with Crippen molar-refractivity contribution in [1.82, 2.24) is 0 Å². The molecular weight excluding hydrogens is 335 g/mol. The van der Waals surface area contributed by atoms with Crippen LogP contribution in [-0.4, -0.2) is 19.6 Å². The molecule has 4 nitrogen and oxygen atoms in total. The van der Waals surface area contributed by atoms with Gasteiger partial charge in [0.1, 0.15) is 0 Å². The first-order chi connectivity index (χ1) is 11.1. The first-order valence-electron chi connectivity index (χ1n) is 9.31. The zero-order valence-electron chi connectivity index (χ0n) is 15.8. The Hall–Kier alpha value is 0.610. The van der Waals surface area contributed by atoms with Gasteiger partial charge in [-0.25, -0.2) is 8.42 Å². The smallest absolute Gasteiger partial charge is 0.726 e. The van der Waals surface area contributed by atoms with E-state index in [-0.39, 0.29) is 36.2 Å². The Kier molecular flexibility index (Phi) is 22.3. The fraction of sp³-hybridized carbons (Fsp3) is 0.889. The third-order valence-corrected chi connectivity index (χ3v) is 4.34. The minimum atomic E-state index is -4.50. The third kappa shape index (κ3) is 24.9. The molecule has 0 aliphatic carbocycles. The molecule has 0 unspecified atom stereocenters. The van der Waals surface area contributed by atoms with E-state index in [1.54, 1.807) is 0 Å². The van der Waals surface area contributed by atoms with Gasteiger partial charge in [-0.15, -0.1) is 0 Å². The molecule has 0 aliphatic heterocycles. The van der Waals surface area contributed by atoms with Crippen LogP contribution in [-0.2, 0) is 14.6 Å². The Morgan fingerprint density at radius 2 is 1.17 bits per heavy atom. The van der Waals surface area contributed by atoms with E-state index < -0.39 is 10.4 Å². The molecular formula is C18H35NaO4S. The van der Waals surface area contributed by atoms with Crippen LogP contribution in [0.25, 0.3) is 0 Å². The first kappa shape index (κ1) is 26.8. The van der Waals surface area contributed by atoms with Crippen molar-refractivity contribution in [2.75, 3.05) is 6.61 Å². The average Bonchev–Trinajstić information content (AvgIpc) is 2.49. The predicted molar refractivity (Wildman–Crippen MR) is 95.1 cm³/mol. The maximum absolute atomic E-state index is 10.2. The molecule has 138 valence electrons. The molecule has 0 spiro atoms. The fourth-order valence-corrected chi connectivity index (χ4v) is 2.83. The molecule has 0 aromatic rings. The number of hydrogen-bond acceptors (Lipinski definition) is 4. The zero-order chi connectivity index (χ0) is 17.2.